The molecule has 0 N–H and O–H groups in total. The Bertz CT molecular complexity index is 1080. The molecule has 0 saturated carbocycles. The summed E-state index contributed by atoms with van der Waals surface area (Å²) < 4.78 is 1.57. The Morgan fingerprint density at radius 2 is 2.07 bits per heavy atom. The van der Waals surface area contributed by atoms with Gasteiger partial charge >= 0.3 is 0 Å². The number of rotatable bonds is 5. The van der Waals surface area contributed by atoms with Gasteiger partial charge in [-0.05, 0) is 64.9 Å². The second-order valence-corrected chi connectivity index (χ2v) is 6.70. The molecule has 0 amide bonds. The molecule has 3 aromatic rings. The highest BCUT2D eigenvalue weighted by Gasteiger charge is 2.15. The third-order valence-electron chi connectivity index (χ3n) is 3.91. The Balaban J connectivity index is 1.98. The fourth-order valence-electron chi connectivity index (χ4n) is 2.36. The Morgan fingerprint density at radius 3 is 2.78 bits per heavy atom. The van der Waals surface area contributed by atoms with Crippen LogP contribution >= 0.6 is 11.8 Å². The number of tetrazole rings is 1. The zero-order valence-corrected chi connectivity index (χ0v) is 15.3. The van der Waals surface area contributed by atoms with Crippen LogP contribution < -0.4 is 0 Å². The summed E-state index contributed by atoms with van der Waals surface area (Å²) in [5.41, 5.74) is 3.55. The van der Waals surface area contributed by atoms with Gasteiger partial charge in [0.05, 0.1) is 16.7 Å². The summed E-state index contributed by atoms with van der Waals surface area (Å²) in [7, 11) is 0. The average molecular weight is 378 g/mol. The number of hydrogen-bond donors (Lipinski definition) is 0. The van der Waals surface area contributed by atoms with Crippen LogP contribution in [0.5, 0.6) is 0 Å². The number of benzene rings is 2. The first-order valence-corrected chi connectivity index (χ1v) is 8.69. The maximum Gasteiger partial charge on any atom is 0.270 e. The second-order valence-electron chi connectivity index (χ2n) is 5.69. The van der Waals surface area contributed by atoms with Crippen LogP contribution in [0.4, 0.5) is 5.69 Å². The number of thioether (sulfide) groups is 1. The summed E-state index contributed by atoms with van der Waals surface area (Å²) in [6.45, 7) is 4.02. The lowest BCUT2D eigenvalue weighted by molar-refractivity contribution is -0.384. The van der Waals surface area contributed by atoms with Gasteiger partial charge in [0.1, 0.15) is 0 Å². The molecule has 1 aromatic heterocycles. The molecule has 0 aliphatic rings. The molecule has 9 heteroatoms. The van der Waals surface area contributed by atoms with Crippen molar-refractivity contribution in [3.05, 3.63) is 75.3 Å². The maximum atomic E-state index is 11.0. The molecule has 0 radical (unpaired) electrons. The SMILES string of the molecule is Cc1ccc(-n2nnnc2S/C(=C\C#N)c2cccc([N+](=O)[O-])c2)cc1C. The highest BCUT2D eigenvalue weighted by molar-refractivity contribution is 8.08. The summed E-state index contributed by atoms with van der Waals surface area (Å²) in [5.74, 6) is 0. The maximum absolute atomic E-state index is 11.0. The summed E-state index contributed by atoms with van der Waals surface area (Å²) >= 11 is 1.17. The van der Waals surface area contributed by atoms with Gasteiger partial charge < -0.3 is 0 Å². The highest BCUT2D eigenvalue weighted by atomic mass is 32.2. The van der Waals surface area contributed by atoms with Crippen LogP contribution in [0.15, 0.2) is 53.7 Å². The molecule has 0 aliphatic carbocycles. The second kappa shape index (κ2) is 7.80. The number of aromatic nitrogens is 4. The Hall–Kier alpha value is -3.51. The number of non-ortho nitro benzene ring substituents is 1. The standard InChI is InChI=1S/C18H14N6O2S/c1-12-6-7-15(10-13(12)2)23-18(20-21-22-23)27-17(8-9-19)14-4-3-5-16(11-14)24(25)26/h3-8,10-11H,1-2H3/b17-8-. The van der Waals surface area contributed by atoms with Crippen LogP contribution in [0.25, 0.3) is 10.6 Å². The smallest absolute Gasteiger partial charge is 0.258 e. The zero-order chi connectivity index (χ0) is 19.4. The Morgan fingerprint density at radius 1 is 1.26 bits per heavy atom. The molecular formula is C18H14N6O2S. The van der Waals surface area contributed by atoms with E-state index in [1.165, 1.54) is 30.0 Å². The Labute approximate surface area is 159 Å². The largest absolute Gasteiger partial charge is 0.270 e. The van der Waals surface area contributed by atoms with Crippen molar-refractivity contribution in [3.63, 3.8) is 0 Å². The molecule has 3 rings (SSSR count). The topological polar surface area (TPSA) is 111 Å². The van der Waals surface area contributed by atoms with E-state index in [9.17, 15) is 10.1 Å². The number of nitriles is 1. The van der Waals surface area contributed by atoms with Crippen LogP contribution in [0.2, 0.25) is 0 Å². The minimum absolute atomic E-state index is 0.0503. The van der Waals surface area contributed by atoms with Gasteiger partial charge in [-0.1, -0.05) is 18.2 Å². The number of nitro groups is 1. The Kier molecular flexibility index (Phi) is 5.28. The zero-order valence-electron chi connectivity index (χ0n) is 14.5. The normalized spacial score (nSPS) is 11.2. The predicted molar refractivity (Wildman–Crippen MR) is 101 cm³/mol. The van der Waals surface area contributed by atoms with Crippen LogP contribution in [-0.2, 0) is 0 Å². The number of aryl methyl sites for hydroxylation is 2. The van der Waals surface area contributed by atoms with E-state index in [1.54, 1.807) is 16.8 Å². The van der Waals surface area contributed by atoms with Gasteiger partial charge in [0.15, 0.2) is 0 Å². The van der Waals surface area contributed by atoms with Gasteiger partial charge in [-0.3, -0.25) is 10.1 Å². The summed E-state index contributed by atoms with van der Waals surface area (Å²) in [6.07, 6.45) is 1.32. The van der Waals surface area contributed by atoms with Crippen molar-refractivity contribution >= 4 is 22.4 Å². The molecule has 134 valence electrons. The van der Waals surface area contributed by atoms with Crippen molar-refractivity contribution in [2.24, 2.45) is 0 Å². The number of hydrogen-bond acceptors (Lipinski definition) is 7. The first kappa shape index (κ1) is 18.3. The van der Waals surface area contributed by atoms with Gasteiger partial charge in [0.2, 0.25) is 5.16 Å². The molecule has 0 unspecified atom stereocenters. The van der Waals surface area contributed by atoms with E-state index in [2.05, 4.69) is 15.5 Å². The molecule has 0 fully saturated rings. The molecule has 1 heterocycles. The van der Waals surface area contributed by atoms with Crippen molar-refractivity contribution in [2.75, 3.05) is 0 Å². The quantitative estimate of drug-likeness (QED) is 0.287. The molecule has 0 spiro atoms. The third-order valence-corrected chi connectivity index (χ3v) is 4.92. The molecule has 2 aromatic carbocycles. The number of nitrogens with zero attached hydrogens (tertiary/aromatic N) is 6. The van der Waals surface area contributed by atoms with Gasteiger partial charge in [-0.2, -0.15) is 9.94 Å². The molecule has 8 nitrogen and oxygen atoms in total. The van der Waals surface area contributed by atoms with E-state index < -0.39 is 4.92 Å². The molecule has 0 atom stereocenters. The van der Waals surface area contributed by atoms with Crippen molar-refractivity contribution in [1.82, 2.24) is 20.2 Å². The molecule has 0 aliphatic heterocycles. The summed E-state index contributed by atoms with van der Waals surface area (Å²) in [5, 5.41) is 32.4. The molecular weight excluding hydrogens is 364 g/mol. The minimum atomic E-state index is -0.475. The van der Waals surface area contributed by atoms with E-state index in [1.807, 2.05) is 38.1 Å². The van der Waals surface area contributed by atoms with Crippen molar-refractivity contribution < 1.29 is 4.92 Å². The fourth-order valence-corrected chi connectivity index (χ4v) is 3.22. The van der Waals surface area contributed by atoms with Crippen LogP contribution in [0, 0.1) is 35.3 Å². The monoisotopic (exact) mass is 378 g/mol. The van der Waals surface area contributed by atoms with Crippen LogP contribution in [0.3, 0.4) is 0 Å². The van der Waals surface area contributed by atoms with Crippen molar-refractivity contribution in [2.45, 2.75) is 19.0 Å². The molecule has 27 heavy (non-hydrogen) atoms. The van der Waals surface area contributed by atoms with Crippen molar-refractivity contribution in [3.8, 4) is 11.8 Å². The van der Waals surface area contributed by atoms with Crippen molar-refractivity contribution in [1.29, 1.82) is 5.26 Å². The van der Waals surface area contributed by atoms with Gasteiger partial charge in [0.25, 0.3) is 5.69 Å². The number of allylic oxidation sites excluding steroid dienone is 1. The average Bonchev–Trinajstić information content (AvgIpc) is 3.12. The van der Waals surface area contributed by atoms with Crippen LogP contribution in [0.1, 0.15) is 16.7 Å². The first-order chi connectivity index (χ1) is 13.0. The highest BCUT2D eigenvalue weighted by Crippen LogP contribution is 2.34. The van der Waals surface area contributed by atoms with Gasteiger partial charge in [0, 0.05) is 23.1 Å². The minimum Gasteiger partial charge on any atom is -0.258 e. The van der Waals surface area contributed by atoms with Gasteiger partial charge in [-0.15, -0.1) is 5.10 Å². The molecule has 0 bridgehead atoms. The van der Waals surface area contributed by atoms with Gasteiger partial charge in [-0.25, -0.2) is 0 Å². The van der Waals surface area contributed by atoms with E-state index in [4.69, 9.17) is 5.26 Å². The summed E-state index contributed by atoms with van der Waals surface area (Å²) in [6, 6.07) is 13.9. The predicted octanol–water partition coefficient (Wildman–Crippen LogP) is 3.84. The number of nitro benzene ring substituents is 1. The van der Waals surface area contributed by atoms with E-state index in [-0.39, 0.29) is 5.69 Å². The lowest BCUT2D eigenvalue weighted by atomic mass is 10.1. The van der Waals surface area contributed by atoms with Crippen LogP contribution in [-0.4, -0.2) is 25.1 Å². The van der Waals surface area contributed by atoms with E-state index in [0.29, 0.717) is 15.6 Å². The summed E-state index contributed by atoms with van der Waals surface area (Å²) in [4.78, 5) is 11.1. The molecule has 0 saturated heterocycles. The van der Waals surface area contributed by atoms with E-state index >= 15 is 0 Å². The lowest BCUT2D eigenvalue weighted by Gasteiger charge is -2.08. The lowest BCUT2D eigenvalue weighted by Crippen LogP contribution is -2.00. The third kappa shape index (κ3) is 4.02. The van der Waals surface area contributed by atoms with E-state index in [0.717, 1.165) is 16.8 Å². The fraction of sp³-hybridized carbons (Fsp3) is 0.111. The first-order valence-electron chi connectivity index (χ1n) is 7.88.